The van der Waals surface area contributed by atoms with Crippen molar-refractivity contribution in [3.63, 3.8) is 0 Å². The van der Waals surface area contributed by atoms with Crippen molar-refractivity contribution < 1.29 is 9.84 Å². The van der Waals surface area contributed by atoms with Crippen LogP contribution in [0.15, 0.2) is 30.3 Å². The van der Waals surface area contributed by atoms with Crippen LogP contribution in [0, 0.1) is 0 Å². The van der Waals surface area contributed by atoms with Crippen LogP contribution in [-0.2, 0) is 11.2 Å². The Bertz CT molecular complexity index is 233. The molecule has 1 aromatic rings. The molecule has 0 bridgehead atoms. The highest BCUT2D eigenvalue weighted by Gasteiger charge is 1.99. The maximum Gasteiger partial charge on any atom is 0.154 e. The van der Waals surface area contributed by atoms with E-state index in [-0.39, 0.29) is 0 Å². The summed E-state index contributed by atoms with van der Waals surface area (Å²) >= 11 is 0. The lowest BCUT2D eigenvalue weighted by Crippen LogP contribution is -2.11. The molecule has 0 aliphatic carbocycles. The van der Waals surface area contributed by atoms with Gasteiger partial charge in [-0.15, -0.1) is 0 Å². The highest BCUT2D eigenvalue weighted by atomic mass is 16.6. The topological polar surface area (TPSA) is 29.5 Å². The second kappa shape index (κ2) is 6.57. The van der Waals surface area contributed by atoms with E-state index in [4.69, 9.17) is 9.84 Å². The number of hydrogen-bond donors (Lipinski definition) is 1. The zero-order valence-corrected chi connectivity index (χ0v) is 8.65. The molecular weight excluding hydrogens is 176 g/mol. The van der Waals surface area contributed by atoms with Crippen LogP contribution in [0.5, 0.6) is 0 Å². The largest absolute Gasteiger partial charge is 0.368 e. The molecule has 0 radical (unpaired) electrons. The van der Waals surface area contributed by atoms with E-state index in [0.29, 0.717) is 13.0 Å². The molecule has 0 saturated heterocycles. The van der Waals surface area contributed by atoms with E-state index in [2.05, 4.69) is 12.1 Å². The average Bonchev–Trinajstić information content (AvgIpc) is 2.25. The van der Waals surface area contributed by atoms with Gasteiger partial charge < -0.3 is 9.84 Å². The lowest BCUT2D eigenvalue weighted by molar-refractivity contribution is -0.100. The predicted octanol–water partition coefficient (Wildman–Crippen LogP) is 2.36. The van der Waals surface area contributed by atoms with Gasteiger partial charge in [0.15, 0.2) is 6.29 Å². The Morgan fingerprint density at radius 2 is 2.00 bits per heavy atom. The van der Waals surface area contributed by atoms with Gasteiger partial charge in [-0.05, 0) is 24.8 Å². The average molecular weight is 194 g/mol. The van der Waals surface area contributed by atoms with Crippen molar-refractivity contribution in [1.82, 2.24) is 0 Å². The monoisotopic (exact) mass is 194 g/mol. The molecular formula is C12H18O2. The third kappa shape index (κ3) is 4.40. The molecule has 1 aromatic carbocycles. The molecule has 0 heterocycles. The minimum Gasteiger partial charge on any atom is -0.368 e. The lowest BCUT2D eigenvalue weighted by Gasteiger charge is -2.08. The van der Waals surface area contributed by atoms with E-state index in [1.165, 1.54) is 5.56 Å². The van der Waals surface area contributed by atoms with Crippen LogP contribution in [0.25, 0.3) is 0 Å². The molecule has 2 nitrogen and oxygen atoms in total. The molecule has 1 rings (SSSR count). The number of aryl methyl sites for hydroxylation is 1. The van der Waals surface area contributed by atoms with E-state index in [0.717, 1.165) is 12.8 Å². The number of aliphatic hydroxyl groups excluding tert-OH is 1. The van der Waals surface area contributed by atoms with E-state index in [1.807, 2.05) is 25.1 Å². The summed E-state index contributed by atoms with van der Waals surface area (Å²) in [6, 6.07) is 10.3. The molecule has 1 unspecified atom stereocenters. The first-order chi connectivity index (χ1) is 6.83. The van der Waals surface area contributed by atoms with E-state index < -0.39 is 6.29 Å². The fourth-order valence-corrected chi connectivity index (χ4v) is 1.26. The van der Waals surface area contributed by atoms with E-state index in [9.17, 15) is 0 Å². The normalized spacial score (nSPS) is 12.7. The number of ether oxygens (including phenoxy) is 1. The summed E-state index contributed by atoms with van der Waals surface area (Å²) < 4.78 is 5.17. The fourth-order valence-electron chi connectivity index (χ4n) is 1.26. The quantitative estimate of drug-likeness (QED) is 0.556. The Balaban J connectivity index is 2.10. The summed E-state index contributed by atoms with van der Waals surface area (Å²) in [5.74, 6) is 0. The van der Waals surface area contributed by atoms with Crippen LogP contribution in [0.3, 0.4) is 0 Å². The molecule has 2 heteroatoms. The first-order valence-electron chi connectivity index (χ1n) is 5.16. The second-order valence-corrected chi connectivity index (χ2v) is 3.32. The van der Waals surface area contributed by atoms with Crippen molar-refractivity contribution in [2.75, 3.05) is 6.61 Å². The van der Waals surface area contributed by atoms with Crippen molar-refractivity contribution in [2.24, 2.45) is 0 Å². The number of benzene rings is 1. The molecule has 1 N–H and O–H groups in total. The van der Waals surface area contributed by atoms with Crippen LogP contribution < -0.4 is 0 Å². The molecule has 0 fully saturated rings. The third-order valence-corrected chi connectivity index (χ3v) is 2.11. The van der Waals surface area contributed by atoms with Gasteiger partial charge in [0.2, 0.25) is 0 Å². The van der Waals surface area contributed by atoms with Crippen molar-refractivity contribution in [2.45, 2.75) is 32.5 Å². The highest BCUT2D eigenvalue weighted by molar-refractivity contribution is 5.14. The molecule has 0 aliphatic heterocycles. The molecule has 0 aromatic heterocycles. The first-order valence-corrected chi connectivity index (χ1v) is 5.16. The van der Waals surface area contributed by atoms with Crippen LogP contribution in [-0.4, -0.2) is 18.0 Å². The standard InChI is InChI=1S/C12H18O2/c1-2-12(13)14-10-6-9-11-7-4-3-5-8-11/h3-5,7-8,12-13H,2,6,9-10H2,1H3. The Morgan fingerprint density at radius 1 is 1.29 bits per heavy atom. The van der Waals surface area contributed by atoms with Gasteiger partial charge >= 0.3 is 0 Å². The van der Waals surface area contributed by atoms with Gasteiger partial charge in [-0.2, -0.15) is 0 Å². The van der Waals surface area contributed by atoms with Gasteiger partial charge in [0.1, 0.15) is 0 Å². The number of hydrogen-bond acceptors (Lipinski definition) is 2. The smallest absolute Gasteiger partial charge is 0.154 e. The Labute approximate surface area is 85.5 Å². The van der Waals surface area contributed by atoms with Crippen molar-refractivity contribution >= 4 is 0 Å². The summed E-state index contributed by atoms with van der Waals surface area (Å²) in [6.07, 6.45) is 2.04. The van der Waals surface area contributed by atoms with Gasteiger partial charge in [-0.1, -0.05) is 37.3 Å². The van der Waals surface area contributed by atoms with Crippen LogP contribution >= 0.6 is 0 Å². The summed E-state index contributed by atoms with van der Waals surface area (Å²) in [6.45, 7) is 2.53. The maximum absolute atomic E-state index is 9.13. The summed E-state index contributed by atoms with van der Waals surface area (Å²) in [5.41, 5.74) is 1.32. The maximum atomic E-state index is 9.13. The third-order valence-electron chi connectivity index (χ3n) is 2.11. The minimum absolute atomic E-state index is 0.592. The van der Waals surface area contributed by atoms with Gasteiger partial charge in [0.05, 0.1) is 6.61 Å². The molecule has 0 aliphatic rings. The Kier molecular flexibility index (Phi) is 5.27. The first kappa shape index (κ1) is 11.2. The Hall–Kier alpha value is -0.860. The summed E-state index contributed by atoms with van der Waals surface area (Å²) in [5, 5.41) is 9.13. The van der Waals surface area contributed by atoms with Crippen molar-refractivity contribution in [1.29, 1.82) is 0 Å². The zero-order chi connectivity index (χ0) is 10.2. The van der Waals surface area contributed by atoms with E-state index >= 15 is 0 Å². The minimum atomic E-state index is -0.592. The van der Waals surface area contributed by atoms with E-state index in [1.54, 1.807) is 0 Å². The van der Waals surface area contributed by atoms with Crippen molar-refractivity contribution in [3.8, 4) is 0 Å². The highest BCUT2D eigenvalue weighted by Crippen LogP contribution is 2.03. The summed E-state index contributed by atoms with van der Waals surface area (Å²) in [4.78, 5) is 0. The van der Waals surface area contributed by atoms with Gasteiger partial charge in [-0.25, -0.2) is 0 Å². The molecule has 0 saturated carbocycles. The second-order valence-electron chi connectivity index (χ2n) is 3.32. The zero-order valence-electron chi connectivity index (χ0n) is 8.65. The SMILES string of the molecule is CCC(O)OCCCc1ccccc1. The Morgan fingerprint density at radius 3 is 2.64 bits per heavy atom. The predicted molar refractivity (Wildman–Crippen MR) is 57.0 cm³/mol. The summed E-state index contributed by atoms with van der Waals surface area (Å²) in [7, 11) is 0. The molecule has 14 heavy (non-hydrogen) atoms. The number of aliphatic hydroxyl groups is 1. The molecule has 0 amide bonds. The van der Waals surface area contributed by atoms with Gasteiger partial charge in [0, 0.05) is 0 Å². The molecule has 0 spiro atoms. The van der Waals surface area contributed by atoms with Crippen molar-refractivity contribution in [3.05, 3.63) is 35.9 Å². The van der Waals surface area contributed by atoms with Crippen LogP contribution in [0.2, 0.25) is 0 Å². The van der Waals surface area contributed by atoms with Gasteiger partial charge in [0.25, 0.3) is 0 Å². The molecule has 1 atom stereocenters. The van der Waals surface area contributed by atoms with Crippen LogP contribution in [0.4, 0.5) is 0 Å². The van der Waals surface area contributed by atoms with Crippen LogP contribution in [0.1, 0.15) is 25.3 Å². The fraction of sp³-hybridized carbons (Fsp3) is 0.500. The molecule has 78 valence electrons. The lowest BCUT2D eigenvalue weighted by atomic mass is 10.1. The number of rotatable bonds is 6. The van der Waals surface area contributed by atoms with Gasteiger partial charge in [-0.3, -0.25) is 0 Å².